The number of ether oxygens (including phenoxy) is 2. The monoisotopic (exact) mass is 262 g/mol. The standard InChI is InChI=1S/C14H15FN2O2/c1-10-8-16-13(14-18-6-7-19-14)17(10)9-11-2-4-12(15)5-3-11/h2-5,8,14H,6-7,9H2,1H3. The average Bonchev–Trinajstić information content (AvgIpc) is 3.03. The van der Waals surface area contributed by atoms with Gasteiger partial charge in [-0.1, -0.05) is 12.1 Å². The van der Waals surface area contributed by atoms with Crippen molar-refractivity contribution in [3.63, 3.8) is 0 Å². The quantitative estimate of drug-likeness (QED) is 0.852. The van der Waals surface area contributed by atoms with Crippen molar-refractivity contribution in [3.05, 3.63) is 53.4 Å². The van der Waals surface area contributed by atoms with Crippen LogP contribution in [0.15, 0.2) is 30.5 Å². The number of benzene rings is 1. The molecule has 19 heavy (non-hydrogen) atoms. The zero-order valence-corrected chi connectivity index (χ0v) is 10.7. The van der Waals surface area contributed by atoms with Gasteiger partial charge in [-0.3, -0.25) is 0 Å². The summed E-state index contributed by atoms with van der Waals surface area (Å²) in [7, 11) is 0. The van der Waals surface area contributed by atoms with Crippen LogP contribution in [0.25, 0.3) is 0 Å². The molecule has 1 aliphatic heterocycles. The Labute approximate surface area is 110 Å². The molecule has 4 nitrogen and oxygen atoms in total. The van der Waals surface area contributed by atoms with Crippen LogP contribution in [0.1, 0.15) is 23.4 Å². The molecule has 0 spiro atoms. The third kappa shape index (κ3) is 2.52. The normalized spacial score (nSPS) is 16.1. The van der Waals surface area contributed by atoms with Gasteiger partial charge in [-0.05, 0) is 24.6 Å². The summed E-state index contributed by atoms with van der Waals surface area (Å²) in [5.74, 6) is 0.535. The molecule has 0 bridgehead atoms. The van der Waals surface area contributed by atoms with Gasteiger partial charge in [0.1, 0.15) is 5.82 Å². The Kier molecular flexibility index (Phi) is 3.31. The maximum atomic E-state index is 12.9. The Hall–Kier alpha value is -1.72. The first-order valence-corrected chi connectivity index (χ1v) is 6.24. The molecule has 1 fully saturated rings. The topological polar surface area (TPSA) is 36.3 Å². The molecule has 1 saturated heterocycles. The molecule has 0 unspecified atom stereocenters. The summed E-state index contributed by atoms with van der Waals surface area (Å²) in [6, 6.07) is 6.47. The summed E-state index contributed by atoms with van der Waals surface area (Å²) < 4.78 is 25.9. The van der Waals surface area contributed by atoms with E-state index in [2.05, 4.69) is 4.98 Å². The van der Waals surface area contributed by atoms with Gasteiger partial charge in [0.2, 0.25) is 6.29 Å². The van der Waals surface area contributed by atoms with Crippen LogP contribution in [-0.4, -0.2) is 22.8 Å². The lowest BCUT2D eigenvalue weighted by Gasteiger charge is -2.14. The summed E-state index contributed by atoms with van der Waals surface area (Å²) >= 11 is 0. The third-order valence-corrected chi connectivity index (χ3v) is 3.17. The van der Waals surface area contributed by atoms with Gasteiger partial charge in [-0.15, -0.1) is 0 Å². The van der Waals surface area contributed by atoms with Gasteiger partial charge in [0.25, 0.3) is 0 Å². The van der Waals surface area contributed by atoms with Crippen LogP contribution in [0.5, 0.6) is 0 Å². The second-order valence-corrected chi connectivity index (χ2v) is 4.54. The van der Waals surface area contributed by atoms with Gasteiger partial charge in [0, 0.05) is 18.4 Å². The number of hydrogen-bond acceptors (Lipinski definition) is 3. The van der Waals surface area contributed by atoms with Crippen LogP contribution in [-0.2, 0) is 16.0 Å². The predicted molar refractivity (Wildman–Crippen MR) is 67.1 cm³/mol. The van der Waals surface area contributed by atoms with E-state index >= 15 is 0 Å². The van der Waals surface area contributed by atoms with E-state index in [0.717, 1.165) is 17.1 Å². The van der Waals surface area contributed by atoms with E-state index in [1.165, 1.54) is 12.1 Å². The molecule has 1 aromatic carbocycles. The van der Waals surface area contributed by atoms with Crippen molar-refractivity contribution in [1.82, 2.24) is 9.55 Å². The molecule has 0 amide bonds. The molecule has 3 rings (SSSR count). The van der Waals surface area contributed by atoms with Crippen molar-refractivity contribution in [1.29, 1.82) is 0 Å². The van der Waals surface area contributed by atoms with E-state index in [9.17, 15) is 4.39 Å². The minimum Gasteiger partial charge on any atom is -0.343 e. The second kappa shape index (κ2) is 5.11. The van der Waals surface area contributed by atoms with Crippen LogP contribution in [0.4, 0.5) is 4.39 Å². The Morgan fingerprint density at radius 3 is 2.63 bits per heavy atom. The molecule has 1 aromatic heterocycles. The number of aryl methyl sites for hydroxylation is 1. The van der Waals surface area contributed by atoms with Gasteiger partial charge in [-0.25, -0.2) is 9.37 Å². The fourth-order valence-corrected chi connectivity index (χ4v) is 2.15. The summed E-state index contributed by atoms with van der Waals surface area (Å²) in [5.41, 5.74) is 2.04. The molecule has 0 N–H and O–H groups in total. The largest absolute Gasteiger partial charge is 0.343 e. The number of aromatic nitrogens is 2. The second-order valence-electron chi connectivity index (χ2n) is 4.54. The van der Waals surface area contributed by atoms with Crippen molar-refractivity contribution in [3.8, 4) is 0 Å². The van der Waals surface area contributed by atoms with Crippen molar-refractivity contribution in [2.75, 3.05) is 13.2 Å². The van der Waals surface area contributed by atoms with E-state index in [1.807, 2.05) is 11.5 Å². The third-order valence-electron chi connectivity index (χ3n) is 3.17. The molecular weight excluding hydrogens is 247 g/mol. The fraction of sp³-hybridized carbons (Fsp3) is 0.357. The number of imidazole rings is 1. The van der Waals surface area contributed by atoms with Gasteiger partial charge < -0.3 is 14.0 Å². The molecule has 2 aromatic rings. The molecule has 0 radical (unpaired) electrons. The van der Waals surface area contributed by atoms with Crippen molar-refractivity contribution in [2.24, 2.45) is 0 Å². The number of rotatable bonds is 3. The van der Waals surface area contributed by atoms with E-state index < -0.39 is 6.29 Å². The molecule has 0 atom stereocenters. The van der Waals surface area contributed by atoms with E-state index in [-0.39, 0.29) is 5.82 Å². The van der Waals surface area contributed by atoms with Crippen molar-refractivity contribution < 1.29 is 13.9 Å². The van der Waals surface area contributed by atoms with Crippen molar-refractivity contribution >= 4 is 0 Å². The lowest BCUT2D eigenvalue weighted by Crippen LogP contribution is -2.12. The van der Waals surface area contributed by atoms with Crippen LogP contribution in [0, 0.1) is 12.7 Å². The van der Waals surface area contributed by atoms with Gasteiger partial charge >= 0.3 is 0 Å². The zero-order chi connectivity index (χ0) is 13.2. The highest BCUT2D eigenvalue weighted by Gasteiger charge is 2.24. The molecular formula is C14H15FN2O2. The van der Waals surface area contributed by atoms with Crippen LogP contribution in [0.2, 0.25) is 0 Å². The Morgan fingerprint density at radius 1 is 1.26 bits per heavy atom. The molecule has 5 heteroatoms. The minimum atomic E-state index is -0.394. The van der Waals surface area contributed by atoms with Gasteiger partial charge in [0.15, 0.2) is 5.82 Å². The predicted octanol–water partition coefficient (Wildman–Crippen LogP) is 2.42. The van der Waals surface area contributed by atoms with Crippen LogP contribution < -0.4 is 0 Å². The van der Waals surface area contributed by atoms with Crippen LogP contribution in [0.3, 0.4) is 0 Å². The van der Waals surface area contributed by atoms with Crippen LogP contribution >= 0.6 is 0 Å². The first-order chi connectivity index (χ1) is 9.24. The number of hydrogen-bond donors (Lipinski definition) is 0. The first-order valence-electron chi connectivity index (χ1n) is 6.24. The summed E-state index contributed by atoms with van der Waals surface area (Å²) in [4.78, 5) is 4.35. The highest BCUT2D eigenvalue weighted by molar-refractivity contribution is 5.18. The lowest BCUT2D eigenvalue weighted by molar-refractivity contribution is -0.0528. The maximum absolute atomic E-state index is 12.9. The molecule has 0 saturated carbocycles. The number of nitrogens with zero attached hydrogens (tertiary/aromatic N) is 2. The van der Waals surface area contributed by atoms with Crippen molar-refractivity contribution in [2.45, 2.75) is 19.8 Å². The Bertz CT molecular complexity index is 559. The SMILES string of the molecule is Cc1cnc(C2OCCO2)n1Cc1ccc(F)cc1. The fourth-order valence-electron chi connectivity index (χ4n) is 2.15. The lowest BCUT2D eigenvalue weighted by atomic mass is 10.2. The average molecular weight is 262 g/mol. The minimum absolute atomic E-state index is 0.228. The summed E-state index contributed by atoms with van der Waals surface area (Å²) in [6.07, 6.45) is 1.40. The van der Waals surface area contributed by atoms with E-state index in [1.54, 1.807) is 18.3 Å². The number of halogens is 1. The highest BCUT2D eigenvalue weighted by Crippen LogP contribution is 2.23. The van der Waals surface area contributed by atoms with E-state index in [0.29, 0.717) is 19.8 Å². The summed E-state index contributed by atoms with van der Waals surface area (Å²) in [6.45, 7) is 3.79. The summed E-state index contributed by atoms with van der Waals surface area (Å²) in [5, 5.41) is 0. The maximum Gasteiger partial charge on any atom is 0.217 e. The van der Waals surface area contributed by atoms with Gasteiger partial charge in [-0.2, -0.15) is 0 Å². The Balaban J connectivity index is 1.87. The molecule has 0 aliphatic carbocycles. The molecule has 100 valence electrons. The zero-order valence-electron chi connectivity index (χ0n) is 10.7. The smallest absolute Gasteiger partial charge is 0.217 e. The Morgan fingerprint density at radius 2 is 1.95 bits per heavy atom. The molecule has 1 aliphatic rings. The first kappa shape index (κ1) is 12.3. The van der Waals surface area contributed by atoms with Gasteiger partial charge in [0.05, 0.1) is 13.2 Å². The van der Waals surface area contributed by atoms with E-state index in [4.69, 9.17) is 9.47 Å². The molecule has 2 heterocycles. The highest BCUT2D eigenvalue weighted by atomic mass is 19.1.